The van der Waals surface area contributed by atoms with Crippen LogP contribution in [0.4, 0.5) is 61.2 Å². The summed E-state index contributed by atoms with van der Waals surface area (Å²) < 4.78 is 28.8. The Morgan fingerprint density at radius 1 is 0.422 bits per heavy atom. The van der Waals surface area contributed by atoms with Gasteiger partial charge in [-0.2, -0.15) is 46.4 Å². The summed E-state index contributed by atoms with van der Waals surface area (Å²) in [5.41, 5.74) is 20.1. The molecule has 15 heterocycles. The van der Waals surface area contributed by atoms with E-state index in [0.717, 1.165) is 219 Å². The number of anilines is 9. The van der Waals surface area contributed by atoms with Gasteiger partial charge in [0, 0.05) is 265 Å². The van der Waals surface area contributed by atoms with Crippen molar-refractivity contribution in [3.63, 3.8) is 0 Å². The predicted molar refractivity (Wildman–Crippen MR) is 441 cm³/mol. The Kier molecular flexibility index (Phi) is 21.8. The zero-order chi connectivity index (χ0) is 81.1. The second-order valence-corrected chi connectivity index (χ2v) is 32.2. The minimum absolute atomic E-state index is 0.0783. The van der Waals surface area contributed by atoms with E-state index in [4.69, 9.17) is 29.5 Å². The van der Waals surface area contributed by atoms with Gasteiger partial charge in [-0.3, -0.25) is 32.9 Å². The van der Waals surface area contributed by atoms with Crippen LogP contribution < -0.4 is 40.0 Å². The van der Waals surface area contributed by atoms with E-state index in [1.54, 1.807) is 53.7 Å². The zero-order valence-electron chi connectivity index (χ0n) is 68.5. The molecular weight excluding hydrogens is 1470 g/mol. The van der Waals surface area contributed by atoms with Crippen molar-refractivity contribution in [2.24, 2.45) is 21.1 Å². The number of nitriles is 3. The van der Waals surface area contributed by atoms with E-state index in [0.29, 0.717) is 62.0 Å². The Bertz CT molecular complexity index is 5130. The van der Waals surface area contributed by atoms with Gasteiger partial charge in [0.25, 0.3) is 0 Å². The van der Waals surface area contributed by atoms with Crippen LogP contribution in [-0.2, 0) is 79.0 Å². The Labute approximate surface area is 676 Å². The van der Waals surface area contributed by atoms with E-state index in [9.17, 15) is 30.2 Å². The number of amides is 5. The maximum absolute atomic E-state index is 12.6. The number of aromatic nitrogens is 12. The lowest BCUT2D eigenvalue weighted by molar-refractivity contribution is -0.129. The fraction of sp³-hybridized carbons (Fsp3) is 0.500. The van der Waals surface area contributed by atoms with Crippen molar-refractivity contribution in [3.05, 3.63) is 124 Å². The molecule has 18 rings (SSSR count). The van der Waals surface area contributed by atoms with Crippen LogP contribution in [0.5, 0.6) is 0 Å². The molecule has 0 spiro atoms. The molecule has 32 nitrogen and oxygen atoms in total. The van der Waals surface area contributed by atoms with Crippen molar-refractivity contribution in [1.29, 1.82) is 15.8 Å². The van der Waals surface area contributed by atoms with Gasteiger partial charge in [-0.25, -0.2) is 9.59 Å². The van der Waals surface area contributed by atoms with Gasteiger partial charge in [0.2, 0.25) is 5.91 Å². The molecule has 116 heavy (non-hydrogen) atoms. The highest BCUT2D eigenvalue weighted by Gasteiger charge is 2.42. The average molecular weight is 1570 g/mol. The number of aryl methyl sites for hydroxylation is 3. The molecule has 3 atom stereocenters. The molecule has 9 aliphatic heterocycles. The highest BCUT2D eigenvalue weighted by molar-refractivity contribution is 5.91. The molecule has 0 radical (unpaired) electrons. The number of rotatable bonds is 9. The number of nitrogens with zero attached hydrogens (tertiary/aromatic N) is 24. The van der Waals surface area contributed by atoms with E-state index in [-0.39, 0.29) is 48.2 Å². The Balaban J connectivity index is 0.000000131. The van der Waals surface area contributed by atoms with Gasteiger partial charge < -0.3 is 68.9 Å². The number of urea groups is 2. The standard InChI is InChI=1S/2C28H35N9O2.C28H34N8O2/c2*1-18-15-36(26-11-19(13-29)22(12-25(26)34(18)4)20-14-31-33(3)16-20)27-23-17-35(28(38)30-2)8-5-24(23)37(32-27)21-6-9-39-10-7-21;1-18-15-35(27-11-20(13-29)23(12-26(27)33(18)4)21-14-30-32(3)16-21)28-24-17-34(19(2)37)8-5-25(24)36(31-28)22-6-9-38-10-7-22/h2*11-12,14,16,18,21H,5-10,15,17H2,1-4H3,(H,30,38);11-12,14,16,18,22H,5-10,15,17H2,1-4H3/t3*18-/m100/s1. The van der Waals surface area contributed by atoms with Gasteiger partial charge in [-0.05, 0) is 95.7 Å². The number of carbonyl (C=O) groups excluding carboxylic acids is 3. The van der Waals surface area contributed by atoms with E-state index in [1.165, 1.54) is 17.1 Å². The van der Waals surface area contributed by atoms with Crippen LogP contribution in [0.25, 0.3) is 33.4 Å². The summed E-state index contributed by atoms with van der Waals surface area (Å²) in [6.45, 7) is 18.4. The summed E-state index contributed by atoms with van der Waals surface area (Å²) in [5.74, 6) is 2.74. The Morgan fingerprint density at radius 3 is 0.966 bits per heavy atom. The van der Waals surface area contributed by atoms with E-state index >= 15 is 0 Å². The lowest BCUT2D eigenvalue weighted by atomic mass is 9.97. The van der Waals surface area contributed by atoms with Crippen LogP contribution in [0.1, 0.15) is 135 Å². The summed E-state index contributed by atoms with van der Waals surface area (Å²) >= 11 is 0. The first-order chi connectivity index (χ1) is 56.1. The van der Waals surface area contributed by atoms with E-state index in [2.05, 4.69) is 148 Å². The lowest BCUT2D eigenvalue weighted by Gasteiger charge is -2.41. The smallest absolute Gasteiger partial charge is 0.317 e. The second kappa shape index (κ2) is 32.4. The number of likely N-dealkylation sites (N-methyl/N-ethyl adjacent to an activating group) is 3. The number of carbonyl (C=O) groups is 3. The van der Waals surface area contributed by atoms with Gasteiger partial charge in [0.1, 0.15) is 0 Å². The van der Waals surface area contributed by atoms with Crippen LogP contribution in [0.3, 0.4) is 0 Å². The third-order valence-electron chi connectivity index (χ3n) is 25.1. The molecule has 5 amide bonds. The molecule has 0 aliphatic carbocycles. The van der Waals surface area contributed by atoms with E-state index in [1.807, 2.05) is 72.6 Å². The minimum Gasteiger partial charge on any atom is -0.381 e. The first-order valence-corrected chi connectivity index (χ1v) is 40.6. The number of hydrogen-bond acceptors (Lipinski definition) is 21. The van der Waals surface area contributed by atoms with Gasteiger partial charge in [0.05, 0.1) is 125 Å². The molecular formula is C84H104N26O6. The second-order valence-electron chi connectivity index (χ2n) is 32.2. The minimum atomic E-state index is -0.0783. The number of benzene rings is 3. The van der Waals surface area contributed by atoms with Gasteiger partial charge in [-0.1, -0.05) is 0 Å². The highest BCUT2D eigenvalue weighted by atomic mass is 16.5. The number of hydrogen-bond donors (Lipinski definition) is 2. The van der Waals surface area contributed by atoms with Crippen molar-refractivity contribution in [1.82, 2.24) is 84.0 Å². The fourth-order valence-electron chi connectivity index (χ4n) is 18.2. The topological polar surface area (TPSA) is 310 Å². The Morgan fingerprint density at radius 2 is 0.707 bits per heavy atom. The molecule has 32 heteroatoms. The monoisotopic (exact) mass is 1570 g/mol. The fourth-order valence-corrected chi connectivity index (χ4v) is 18.2. The molecule has 9 aliphatic rings. The molecule has 6 aromatic heterocycles. The van der Waals surface area contributed by atoms with Gasteiger partial charge in [0.15, 0.2) is 17.5 Å². The zero-order valence-corrected chi connectivity index (χ0v) is 68.5. The molecule has 9 aromatic rings. The van der Waals surface area contributed by atoms with Crippen molar-refractivity contribution in [3.8, 4) is 51.6 Å². The SMILES string of the molecule is CC(=O)N1CCc2c(c(N3C[C@H](C)N(C)c4cc(-c5cnn(C)c5)c(C#N)cc43)nn2C2CCOCC2)C1.CNC(=O)N1CCc2c(c(N3C[C@@H](C)N(C)c4cc(-c5cnn(C)c5)c(C#N)cc43)nn2C2CCOCC2)C1.CNC(=O)N1CCc2c(c(N3C[C@H](C)N(C)c4cc(-c5cnn(C)c5)c(C#N)cc43)nn2C2CCOCC2)C1. The average Bonchev–Trinajstić information content (AvgIpc) is 1.54. The van der Waals surface area contributed by atoms with Crippen molar-refractivity contribution in [2.45, 2.75) is 141 Å². The number of fused-ring (bicyclic) bond motifs is 6. The summed E-state index contributed by atoms with van der Waals surface area (Å²) in [7, 11) is 15.3. The van der Waals surface area contributed by atoms with Crippen molar-refractivity contribution >= 4 is 69.5 Å². The van der Waals surface area contributed by atoms with Crippen LogP contribution >= 0.6 is 0 Å². The highest BCUT2D eigenvalue weighted by Crippen LogP contribution is 2.50. The number of ether oxygens (including phenoxy) is 3. The molecule has 606 valence electrons. The molecule has 2 N–H and O–H groups in total. The van der Waals surface area contributed by atoms with Gasteiger partial charge in [-0.15, -0.1) is 0 Å². The summed E-state index contributed by atoms with van der Waals surface area (Å²) in [6.07, 6.45) is 19.1. The number of nitrogens with one attached hydrogen (secondary N) is 2. The molecule has 3 saturated heterocycles. The lowest BCUT2D eigenvalue weighted by Crippen LogP contribution is -2.45. The first-order valence-electron chi connectivity index (χ1n) is 40.6. The normalized spacial score (nSPS) is 19.6. The maximum atomic E-state index is 12.6. The molecule has 3 fully saturated rings. The molecule has 0 bridgehead atoms. The molecule has 0 saturated carbocycles. The van der Waals surface area contributed by atoms with Gasteiger partial charge >= 0.3 is 12.1 Å². The largest absolute Gasteiger partial charge is 0.381 e. The maximum Gasteiger partial charge on any atom is 0.317 e. The third-order valence-corrected chi connectivity index (χ3v) is 25.1. The van der Waals surface area contributed by atoms with Crippen LogP contribution in [-0.4, -0.2) is 224 Å². The third kappa shape index (κ3) is 14.5. The predicted octanol–water partition coefficient (Wildman–Crippen LogP) is 9.75. The first kappa shape index (κ1) is 78.0. The summed E-state index contributed by atoms with van der Waals surface area (Å²) in [6, 6.07) is 20.8. The molecule has 3 aromatic carbocycles. The van der Waals surface area contributed by atoms with Crippen LogP contribution in [0, 0.1) is 34.0 Å². The Hall–Kier alpha value is -11.9. The van der Waals surface area contributed by atoms with Crippen LogP contribution in [0.15, 0.2) is 73.6 Å². The quantitative estimate of drug-likeness (QED) is 0.136. The van der Waals surface area contributed by atoms with Crippen LogP contribution in [0.2, 0.25) is 0 Å². The summed E-state index contributed by atoms with van der Waals surface area (Å²) in [5, 5.41) is 64.8. The summed E-state index contributed by atoms with van der Waals surface area (Å²) in [4.78, 5) is 56.9. The van der Waals surface area contributed by atoms with Crippen molar-refractivity contribution < 1.29 is 28.6 Å². The van der Waals surface area contributed by atoms with E-state index < -0.39 is 0 Å². The van der Waals surface area contributed by atoms with Crippen molar-refractivity contribution in [2.75, 3.05) is 144 Å². The molecule has 0 unspecified atom stereocenters.